The summed E-state index contributed by atoms with van der Waals surface area (Å²) in [7, 11) is 0. The third-order valence-corrected chi connectivity index (χ3v) is 4.66. The Morgan fingerprint density at radius 1 is 1.28 bits per heavy atom. The van der Waals surface area contributed by atoms with Gasteiger partial charge in [0.25, 0.3) is 0 Å². The van der Waals surface area contributed by atoms with E-state index in [0.717, 1.165) is 17.4 Å². The molecule has 1 aromatic carbocycles. The maximum absolute atomic E-state index is 6.29. The van der Waals surface area contributed by atoms with E-state index in [4.69, 9.17) is 17.3 Å². The summed E-state index contributed by atoms with van der Waals surface area (Å²) >= 11 is 6.25. The van der Waals surface area contributed by atoms with Gasteiger partial charge in [0.2, 0.25) is 0 Å². The molecule has 1 aliphatic carbocycles. The molecule has 0 radical (unpaired) electrons. The van der Waals surface area contributed by atoms with E-state index in [1.165, 1.54) is 37.7 Å². The van der Waals surface area contributed by atoms with Gasteiger partial charge in [0.1, 0.15) is 0 Å². The Labute approximate surface area is 116 Å². The summed E-state index contributed by atoms with van der Waals surface area (Å²) in [4.78, 5) is 0. The molecule has 0 aliphatic heterocycles. The third-order valence-electron chi connectivity index (χ3n) is 4.29. The van der Waals surface area contributed by atoms with Crippen molar-refractivity contribution >= 4 is 11.6 Å². The molecule has 1 fully saturated rings. The Bertz CT molecular complexity index is 377. The largest absolute Gasteiger partial charge is 0.327 e. The second-order valence-corrected chi connectivity index (χ2v) is 6.09. The fourth-order valence-electron chi connectivity index (χ4n) is 3.24. The molecule has 0 bridgehead atoms. The van der Waals surface area contributed by atoms with Crippen molar-refractivity contribution in [3.05, 3.63) is 34.9 Å². The van der Waals surface area contributed by atoms with Crippen molar-refractivity contribution in [1.82, 2.24) is 0 Å². The van der Waals surface area contributed by atoms with Crippen LogP contribution in [0.1, 0.15) is 44.6 Å². The minimum absolute atomic E-state index is 0.356. The molecule has 1 nitrogen and oxygen atoms in total. The van der Waals surface area contributed by atoms with Crippen LogP contribution in [-0.4, -0.2) is 6.04 Å². The molecule has 2 N–H and O–H groups in total. The van der Waals surface area contributed by atoms with Gasteiger partial charge in [0, 0.05) is 11.1 Å². The van der Waals surface area contributed by atoms with E-state index < -0.39 is 0 Å². The number of rotatable bonds is 4. The summed E-state index contributed by atoms with van der Waals surface area (Å²) in [6.07, 6.45) is 7.46. The monoisotopic (exact) mass is 265 g/mol. The van der Waals surface area contributed by atoms with Gasteiger partial charge in [-0.2, -0.15) is 0 Å². The summed E-state index contributed by atoms with van der Waals surface area (Å²) in [5.41, 5.74) is 7.55. The van der Waals surface area contributed by atoms with Crippen molar-refractivity contribution in [1.29, 1.82) is 0 Å². The fourth-order valence-corrected chi connectivity index (χ4v) is 3.45. The van der Waals surface area contributed by atoms with Crippen molar-refractivity contribution in [3.63, 3.8) is 0 Å². The lowest BCUT2D eigenvalue weighted by atomic mass is 9.74. The van der Waals surface area contributed by atoms with Gasteiger partial charge in [-0.15, -0.1) is 0 Å². The lowest BCUT2D eigenvalue weighted by molar-refractivity contribution is 0.221. The molecular weight excluding hydrogens is 242 g/mol. The third kappa shape index (κ3) is 3.49. The summed E-state index contributed by atoms with van der Waals surface area (Å²) in [5, 5.41) is 0.891. The average Bonchev–Trinajstić information content (AvgIpc) is 2.36. The zero-order valence-electron chi connectivity index (χ0n) is 11.2. The van der Waals surface area contributed by atoms with Gasteiger partial charge in [0.05, 0.1) is 0 Å². The standard InChI is InChI=1S/C16H24ClN/c1-2-5-12-8-9-16(18)14(10-12)11-13-6-3-4-7-15(13)17/h3-4,6-7,12,14,16H,2,5,8-11,18H2,1H3. The van der Waals surface area contributed by atoms with Crippen LogP contribution >= 0.6 is 11.6 Å². The second-order valence-electron chi connectivity index (χ2n) is 5.69. The SMILES string of the molecule is CCCC1CCC(N)C(Cc2ccccc2Cl)C1. The lowest BCUT2D eigenvalue weighted by Crippen LogP contribution is -2.37. The Hall–Kier alpha value is -0.530. The molecule has 3 unspecified atom stereocenters. The highest BCUT2D eigenvalue weighted by Gasteiger charge is 2.28. The molecule has 0 amide bonds. The fraction of sp³-hybridized carbons (Fsp3) is 0.625. The highest BCUT2D eigenvalue weighted by Crippen LogP contribution is 2.34. The summed E-state index contributed by atoms with van der Waals surface area (Å²) < 4.78 is 0. The van der Waals surface area contributed by atoms with Crippen LogP contribution in [0.25, 0.3) is 0 Å². The van der Waals surface area contributed by atoms with Crippen molar-refractivity contribution in [2.45, 2.75) is 51.5 Å². The van der Waals surface area contributed by atoms with E-state index in [1.54, 1.807) is 0 Å². The van der Waals surface area contributed by atoms with Gasteiger partial charge >= 0.3 is 0 Å². The zero-order chi connectivity index (χ0) is 13.0. The molecule has 100 valence electrons. The maximum atomic E-state index is 6.29. The van der Waals surface area contributed by atoms with E-state index in [1.807, 2.05) is 12.1 Å². The maximum Gasteiger partial charge on any atom is 0.0438 e. The summed E-state index contributed by atoms with van der Waals surface area (Å²) in [6, 6.07) is 8.54. The Kier molecular flexibility index (Phi) is 5.08. The van der Waals surface area contributed by atoms with Crippen molar-refractivity contribution in [2.24, 2.45) is 17.6 Å². The molecular formula is C16H24ClN. The minimum Gasteiger partial charge on any atom is -0.327 e. The normalized spacial score (nSPS) is 28.3. The van der Waals surface area contributed by atoms with Gasteiger partial charge in [-0.25, -0.2) is 0 Å². The topological polar surface area (TPSA) is 26.0 Å². The van der Waals surface area contributed by atoms with Crippen LogP contribution in [0, 0.1) is 11.8 Å². The number of hydrogen-bond donors (Lipinski definition) is 1. The summed E-state index contributed by atoms with van der Waals surface area (Å²) in [5.74, 6) is 1.48. The van der Waals surface area contributed by atoms with Crippen LogP contribution in [0.5, 0.6) is 0 Å². The molecule has 3 atom stereocenters. The van der Waals surface area contributed by atoms with E-state index in [0.29, 0.717) is 12.0 Å². The van der Waals surface area contributed by atoms with Crippen LogP contribution in [-0.2, 0) is 6.42 Å². The van der Waals surface area contributed by atoms with Crippen LogP contribution in [0.2, 0.25) is 5.02 Å². The average molecular weight is 266 g/mol. The van der Waals surface area contributed by atoms with Gasteiger partial charge in [-0.1, -0.05) is 49.6 Å². The van der Waals surface area contributed by atoms with Gasteiger partial charge in [-0.05, 0) is 49.1 Å². The molecule has 18 heavy (non-hydrogen) atoms. The Morgan fingerprint density at radius 2 is 2.06 bits per heavy atom. The van der Waals surface area contributed by atoms with E-state index in [2.05, 4.69) is 19.1 Å². The molecule has 0 spiro atoms. The first-order valence-corrected chi connectivity index (χ1v) is 7.57. The zero-order valence-corrected chi connectivity index (χ0v) is 12.0. The van der Waals surface area contributed by atoms with Crippen molar-refractivity contribution in [3.8, 4) is 0 Å². The smallest absolute Gasteiger partial charge is 0.0438 e. The predicted octanol–water partition coefficient (Wildman–Crippen LogP) is 4.43. The van der Waals surface area contributed by atoms with Gasteiger partial charge in [0.15, 0.2) is 0 Å². The van der Waals surface area contributed by atoms with E-state index >= 15 is 0 Å². The number of halogens is 1. The van der Waals surface area contributed by atoms with Gasteiger partial charge < -0.3 is 5.73 Å². The second kappa shape index (κ2) is 6.58. The van der Waals surface area contributed by atoms with Crippen LogP contribution in [0.15, 0.2) is 24.3 Å². The highest BCUT2D eigenvalue weighted by atomic mass is 35.5. The van der Waals surface area contributed by atoms with E-state index in [-0.39, 0.29) is 0 Å². The first-order valence-electron chi connectivity index (χ1n) is 7.19. The van der Waals surface area contributed by atoms with Crippen molar-refractivity contribution < 1.29 is 0 Å². The Balaban J connectivity index is 2.00. The molecule has 2 heteroatoms. The quantitative estimate of drug-likeness (QED) is 0.857. The molecule has 1 aliphatic rings. The minimum atomic E-state index is 0.356. The van der Waals surface area contributed by atoms with Crippen LogP contribution in [0.4, 0.5) is 0 Å². The predicted molar refractivity (Wildman–Crippen MR) is 78.9 cm³/mol. The van der Waals surface area contributed by atoms with Crippen molar-refractivity contribution in [2.75, 3.05) is 0 Å². The van der Waals surface area contributed by atoms with Crippen LogP contribution < -0.4 is 5.73 Å². The lowest BCUT2D eigenvalue weighted by Gasteiger charge is -2.34. The summed E-state index contributed by atoms with van der Waals surface area (Å²) in [6.45, 7) is 2.28. The molecule has 0 saturated heterocycles. The van der Waals surface area contributed by atoms with E-state index in [9.17, 15) is 0 Å². The number of nitrogens with two attached hydrogens (primary N) is 1. The molecule has 1 saturated carbocycles. The number of benzene rings is 1. The number of hydrogen-bond acceptors (Lipinski definition) is 1. The highest BCUT2D eigenvalue weighted by molar-refractivity contribution is 6.31. The Morgan fingerprint density at radius 3 is 2.78 bits per heavy atom. The van der Waals surface area contributed by atoms with Crippen LogP contribution in [0.3, 0.4) is 0 Å². The first-order chi connectivity index (χ1) is 8.70. The first kappa shape index (κ1) is 13.9. The van der Waals surface area contributed by atoms with Gasteiger partial charge in [-0.3, -0.25) is 0 Å². The molecule has 2 rings (SSSR count). The molecule has 1 aromatic rings. The molecule has 0 heterocycles. The molecule has 0 aromatic heterocycles.